The highest BCUT2D eigenvalue weighted by Gasteiger charge is 2.07. The topological polar surface area (TPSA) is 15.8 Å². The van der Waals surface area contributed by atoms with Crippen LogP contribution < -0.4 is 0 Å². The fourth-order valence-electron chi connectivity index (χ4n) is 1.36. The Bertz CT molecular complexity index is 180. The first kappa shape index (κ1) is 5.10. The molecule has 1 aromatic heterocycles. The van der Waals surface area contributed by atoms with E-state index < -0.39 is 0 Å². The normalized spacial score (nSPS) is 17.3. The van der Waals surface area contributed by atoms with Crippen molar-refractivity contribution in [3.63, 3.8) is 0 Å². The molecule has 0 atom stereocenters. The number of aryl methyl sites for hydroxylation is 1. The monoisotopic (exact) mass is 120 g/mol. The number of hydrogen-bond donors (Lipinski definition) is 1. The van der Waals surface area contributed by atoms with Crippen LogP contribution in [0.3, 0.4) is 0 Å². The fourth-order valence-corrected chi connectivity index (χ4v) is 1.36. The van der Waals surface area contributed by atoms with Crippen molar-refractivity contribution in [2.75, 3.05) is 0 Å². The van der Waals surface area contributed by atoms with E-state index in [2.05, 4.69) is 17.5 Å². The van der Waals surface area contributed by atoms with Crippen molar-refractivity contribution in [1.29, 1.82) is 0 Å². The minimum atomic E-state index is 1.14. The molecule has 0 fully saturated rings. The Morgan fingerprint density at radius 1 is 1.44 bits per heavy atom. The lowest BCUT2D eigenvalue weighted by Gasteiger charge is -2.08. The maximum atomic E-state index is 3.23. The fraction of sp³-hybridized carbons (Fsp3) is 0.375. The standard InChI is InChI=1S/C8H10N/c1-2-4-8-7(3-1)5-6-9-8/h2,5-6,9H,1,3-4H2. The maximum absolute atomic E-state index is 3.23. The molecule has 1 nitrogen and oxygen atoms in total. The molecule has 47 valence electrons. The highest BCUT2D eigenvalue weighted by atomic mass is 14.7. The quantitative estimate of drug-likeness (QED) is 0.536. The summed E-state index contributed by atoms with van der Waals surface area (Å²) in [5.74, 6) is 0. The highest BCUT2D eigenvalue weighted by Crippen LogP contribution is 2.17. The summed E-state index contributed by atoms with van der Waals surface area (Å²) in [5, 5.41) is 0. The smallest absolute Gasteiger partial charge is 0.0182 e. The van der Waals surface area contributed by atoms with Gasteiger partial charge in [0.2, 0.25) is 0 Å². The van der Waals surface area contributed by atoms with Crippen LogP contribution in [0.4, 0.5) is 0 Å². The van der Waals surface area contributed by atoms with Crippen LogP contribution >= 0.6 is 0 Å². The summed E-state index contributed by atoms with van der Waals surface area (Å²) in [7, 11) is 0. The van der Waals surface area contributed by atoms with E-state index in [1.807, 2.05) is 6.20 Å². The van der Waals surface area contributed by atoms with Gasteiger partial charge in [-0.25, -0.2) is 0 Å². The Labute approximate surface area is 55.1 Å². The Morgan fingerprint density at radius 3 is 3.33 bits per heavy atom. The van der Waals surface area contributed by atoms with Crippen LogP contribution in [0.25, 0.3) is 0 Å². The average molecular weight is 120 g/mol. The lowest BCUT2D eigenvalue weighted by molar-refractivity contribution is 0.818. The van der Waals surface area contributed by atoms with Crippen LogP contribution in [-0.2, 0) is 12.8 Å². The first-order chi connectivity index (χ1) is 4.47. The highest BCUT2D eigenvalue weighted by molar-refractivity contribution is 5.24. The van der Waals surface area contributed by atoms with Gasteiger partial charge in [-0.05, 0) is 37.3 Å². The molecule has 1 aliphatic carbocycles. The molecule has 0 saturated heterocycles. The Hall–Kier alpha value is -0.720. The van der Waals surface area contributed by atoms with E-state index in [-0.39, 0.29) is 0 Å². The Kier molecular flexibility index (Phi) is 1.08. The lowest BCUT2D eigenvalue weighted by atomic mass is 9.98. The minimum Gasteiger partial charge on any atom is -0.365 e. The lowest BCUT2D eigenvalue weighted by Crippen LogP contribution is -2.00. The van der Waals surface area contributed by atoms with E-state index in [0.717, 1.165) is 6.42 Å². The maximum Gasteiger partial charge on any atom is 0.0182 e. The summed E-state index contributed by atoms with van der Waals surface area (Å²) < 4.78 is 0. The van der Waals surface area contributed by atoms with Crippen LogP contribution in [0.2, 0.25) is 0 Å². The second kappa shape index (κ2) is 1.90. The third-order valence-electron chi connectivity index (χ3n) is 1.90. The van der Waals surface area contributed by atoms with Gasteiger partial charge in [0.1, 0.15) is 0 Å². The zero-order chi connectivity index (χ0) is 6.10. The molecule has 0 amide bonds. The largest absolute Gasteiger partial charge is 0.365 e. The van der Waals surface area contributed by atoms with E-state index >= 15 is 0 Å². The number of aromatic nitrogens is 1. The molecule has 9 heavy (non-hydrogen) atoms. The molecular weight excluding hydrogens is 110 g/mol. The van der Waals surface area contributed by atoms with Gasteiger partial charge >= 0.3 is 0 Å². The molecule has 1 N–H and O–H groups in total. The number of hydrogen-bond acceptors (Lipinski definition) is 0. The van der Waals surface area contributed by atoms with Gasteiger partial charge < -0.3 is 4.98 Å². The number of rotatable bonds is 0. The first-order valence-electron chi connectivity index (χ1n) is 3.43. The van der Waals surface area contributed by atoms with E-state index in [9.17, 15) is 0 Å². The number of fused-ring (bicyclic) bond motifs is 1. The number of aromatic amines is 1. The molecule has 1 radical (unpaired) electrons. The molecule has 0 unspecified atom stereocenters. The van der Waals surface area contributed by atoms with E-state index in [1.165, 1.54) is 24.1 Å². The molecule has 2 rings (SSSR count). The van der Waals surface area contributed by atoms with Crippen LogP contribution in [0.5, 0.6) is 0 Å². The van der Waals surface area contributed by atoms with Crippen molar-refractivity contribution in [2.24, 2.45) is 0 Å². The number of H-pyrrole nitrogens is 1. The van der Waals surface area contributed by atoms with Crippen molar-refractivity contribution in [3.05, 3.63) is 29.9 Å². The van der Waals surface area contributed by atoms with Gasteiger partial charge in [0.05, 0.1) is 0 Å². The SMILES string of the molecule is [CH]1CCc2cc[nH]c2C1. The molecule has 0 spiro atoms. The van der Waals surface area contributed by atoms with Crippen molar-refractivity contribution in [3.8, 4) is 0 Å². The van der Waals surface area contributed by atoms with Crippen LogP contribution in [0.15, 0.2) is 12.3 Å². The van der Waals surface area contributed by atoms with Gasteiger partial charge in [-0.1, -0.05) is 0 Å². The molecule has 0 aliphatic heterocycles. The summed E-state index contributed by atoms with van der Waals surface area (Å²) in [6.07, 6.45) is 7.99. The minimum absolute atomic E-state index is 1.14. The van der Waals surface area contributed by atoms with E-state index in [4.69, 9.17) is 0 Å². The van der Waals surface area contributed by atoms with Crippen molar-refractivity contribution in [1.82, 2.24) is 4.98 Å². The molecule has 1 heteroatoms. The van der Waals surface area contributed by atoms with Gasteiger partial charge in [-0.3, -0.25) is 0 Å². The van der Waals surface area contributed by atoms with Gasteiger partial charge in [0.25, 0.3) is 0 Å². The number of nitrogens with one attached hydrogen (secondary N) is 1. The molecule has 1 aliphatic rings. The Morgan fingerprint density at radius 2 is 2.44 bits per heavy atom. The zero-order valence-corrected chi connectivity index (χ0v) is 5.35. The van der Waals surface area contributed by atoms with Crippen molar-refractivity contribution in [2.45, 2.75) is 19.3 Å². The molecule has 1 heterocycles. The second-order valence-corrected chi connectivity index (χ2v) is 2.51. The molecule has 0 bridgehead atoms. The third-order valence-corrected chi connectivity index (χ3v) is 1.90. The predicted octanol–water partition coefficient (Wildman–Crippen LogP) is 1.71. The molecule has 0 saturated carbocycles. The Balaban J connectivity index is 2.39. The molecule has 0 aromatic carbocycles. The van der Waals surface area contributed by atoms with Gasteiger partial charge in [0, 0.05) is 11.9 Å². The summed E-state index contributed by atoms with van der Waals surface area (Å²) in [5.41, 5.74) is 2.93. The van der Waals surface area contributed by atoms with Crippen LogP contribution in [0.1, 0.15) is 17.7 Å². The second-order valence-electron chi connectivity index (χ2n) is 2.51. The molecular formula is C8H10N. The van der Waals surface area contributed by atoms with Crippen molar-refractivity contribution >= 4 is 0 Å². The predicted molar refractivity (Wildman–Crippen MR) is 37.1 cm³/mol. The summed E-state index contributed by atoms with van der Waals surface area (Å²) in [4.78, 5) is 3.23. The van der Waals surface area contributed by atoms with Gasteiger partial charge in [0.15, 0.2) is 0 Å². The van der Waals surface area contributed by atoms with Gasteiger partial charge in [-0.15, -0.1) is 0 Å². The van der Waals surface area contributed by atoms with E-state index in [1.54, 1.807) is 0 Å². The summed E-state index contributed by atoms with van der Waals surface area (Å²) in [6, 6.07) is 2.18. The summed E-state index contributed by atoms with van der Waals surface area (Å²) in [6.45, 7) is 0. The van der Waals surface area contributed by atoms with Gasteiger partial charge in [-0.2, -0.15) is 0 Å². The zero-order valence-electron chi connectivity index (χ0n) is 5.35. The van der Waals surface area contributed by atoms with Crippen molar-refractivity contribution < 1.29 is 0 Å². The van der Waals surface area contributed by atoms with Crippen LogP contribution in [-0.4, -0.2) is 4.98 Å². The van der Waals surface area contributed by atoms with E-state index in [0.29, 0.717) is 0 Å². The third kappa shape index (κ3) is 0.766. The summed E-state index contributed by atoms with van der Waals surface area (Å²) >= 11 is 0. The average Bonchev–Trinajstić information content (AvgIpc) is 2.33. The van der Waals surface area contributed by atoms with Crippen LogP contribution in [0, 0.1) is 6.42 Å². The molecule has 1 aromatic rings. The first-order valence-corrected chi connectivity index (χ1v) is 3.43.